The summed E-state index contributed by atoms with van der Waals surface area (Å²) in [7, 11) is 0. The first-order valence-corrected chi connectivity index (χ1v) is 7.95. The molecule has 23 heavy (non-hydrogen) atoms. The summed E-state index contributed by atoms with van der Waals surface area (Å²) in [4.78, 5) is 39.7. The summed E-state index contributed by atoms with van der Waals surface area (Å²) < 4.78 is 0. The van der Waals surface area contributed by atoms with E-state index in [1.54, 1.807) is 6.07 Å². The summed E-state index contributed by atoms with van der Waals surface area (Å²) >= 11 is 0. The molecule has 1 aromatic carbocycles. The lowest BCUT2D eigenvalue weighted by atomic mass is 9.95. The van der Waals surface area contributed by atoms with Crippen molar-refractivity contribution in [3.63, 3.8) is 0 Å². The van der Waals surface area contributed by atoms with Gasteiger partial charge in [0, 0.05) is 5.92 Å². The number of carbonyl (C=O) groups excluding carboxylic acids is 3. The maximum absolute atomic E-state index is 12.8. The molecule has 3 amide bonds. The first-order valence-electron chi connectivity index (χ1n) is 7.95. The smallest absolute Gasteiger partial charge is 0.251 e. The summed E-state index contributed by atoms with van der Waals surface area (Å²) in [5, 5.41) is 0. The molecular formula is C17H21N3O3. The molecule has 0 spiro atoms. The lowest BCUT2D eigenvalue weighted by molar-refractivity contribution is -0.124. The molecular weight excluding hydrogens is 294 g/mol. The Morgan fingerprint density at radius 3 is 2.43 bits per heavy atom. The second-order valence-corrected chi connectivity index (χ2v) is 6.29. The summed E-state index contributed by atoms with van der Waals surface area (Å²) in [5.41, 5.74) is 6.91. The zero-order valence-electron chi connectivity index (χ0n) is 13.2. The number of hydrogen-bond acceptors (Lipinski definition) is 4. The average molecular weight is 315 g/mol. The molecule has 0 aromatic heterocycles. The molecule has 2 fully saturated rings. The van der Waals surface area contributed by atoms with Gasteiger partial charge in [0.15, 0.2) is 0 Å². The van der Waals surface area contributed by atoms with E-state index in [1.807, 2.05) is 30.0 Å². The molecule has 0 aliphatic carbocycles. The van der Waals surface area contributed by atoms with Crippen molar-refractivity contribution in [1.82, 2.24) is 4.90 Å². The minimum Gasteiger partial charge on any atom is -0.369 e. The van der Waals surface area contributed by atoms with Gasteiger partial charge in [-0.3, -0.25) is 19.3 Å². The van der Waals surface area contributed by atoms with Gasteiger partial charge in [0.25, 0.3) is 5.91 Å². The van der Waals surface area contributed by atoms with Gasteiger partial charge in [-0.25, -0.2) is 4.90 Å². The lowest BCUT2D eigenvalue weighted by Gasteiger charge is -2.33. The number of para-hydroxylation sites is 1. The number of amides is 3. The number of primary amides is 1. The quantitative estimate of drug-likeness (QED) is 0.837. The summed E-state index contributed by atoms with van der Waals surface area (Å²) in [6, 6.07) is 6.98. The summed E-state index contributed by atoms with van der Waals surface area (Å²) in [6.45, 7) is 3.14. The minimum absolute atomic E-state index is 0.120. The first-order chi connectivity index (χ1) is 11.0. The zero-order chi connectivity index (χ0) is 16.6. The Morgan fingerprint density at radius 1 is 1.17 bits per heavy atom. The van der Waals surface area contributed by atoms with Crippen LogP contribution in [0, 0.1) is 12.8 Å². The van der Waals surface area contributed by atoms with Crippen LogP contribution in [0.2, 0.25) is 0 Å². The molecule has 0 saturated carbocycles. The van der Waals surface area contributed by atoms with Crippen molar-refractivity contribution < 1.29 is 14.4 Å². The average Bonchev–Trinajstić information content (AvgIpc) is 2.83. The van der Waals surface area contributed by atoms with Crippen LogP contribution in [0.15, 0.2) is 24.3 Å². The molecule has 0 unspecified atom stereocenters. The van der Waals surface area contributed by atoms with Gasteiger partial charge in [0.2, 0.25) is 11.8 Å². The Kier molecular flexibility index (Phi) is 4.17. The number of piperidine rings is 1. The van der Waals surface area contributed by atoms with Crippen molar-refractivity contribution in [2.75, 3.05) is 18.0 Å². The van der Waals surface area contributed by atoms with Crippen molar-refractivity contribution in [1.29, 1.82) is 0 Å². The van der Waals surface area contributed by atoms with Crippen LogP contribution in [-0.2, 0) is 14.4 Å². The number of likely N-dealkylation sites (tertiary alicyclic amines) is 1. The molecule has 6 heteroatoms. The SMILES string of the molecule is Cc1ccccc1N1C(=O)C[C@@H](N2CCC(C(N)=O)CC2)C1=O. The molecule has 3 rings (SSSR count). The van der Waals surface area contributed by atoms with E-state index in [1.165, 1.54) is 4.90 Å². The van der Waals surface area contributed by atoms with Gasteiger partial charge in [-0.05, 0) is 44.5 Å². The molecule has 2 saturated heterocycles. The Labute approximate surface area is 135 Å². The number of carbonyl (C=O) groups is 3. The van der Waals surface area contributed by atoms with Gasteiger partial charge < -0.3 is 5.73 Å². The second kappa shape index (κ2) is 6.12. The molecule has 1 aromatic rings. The fourth-order valence-electron chi connectivity index (χ4n) is 3.46. The van der Waals surface area contributed by atoms with E-state index in [0.717, 1.165) is 5.56 Å². The third kappa shape index (κ3) is 2.86. The van der Waals surface area contributed by atoms with Crippen LogP contribution in [-0.4, -0.2) is 41.8 Å². The highest BCUT2D eigenvalue weighted by molar-refractivity contribution is 6.22. The Morgan fingerprint density at radius 2 is 1.83 bits per heavy atom. The third-order valence-electron chi connectivity index (χ3n) is 4.85. The van der Waals surface area contributed by atoms with Gasteiger partial charge in [0.05, 0.1) is 18.2 Å². The number of benzene rings is 1. The lowest BCUT2D eigenvalue weighted by Crippen LogP contribution is -2.47. The van der Waals surface area contributed by atoms with Crippen LogP contribution >= 0.6 is 0 Å². The predicted octanol–water partition coefficient (Wildman–Crippen LogP) is 0.824. The molecule has 6 nitrogen and oxygen atoms in total. The molecule has 2 N–H and O–H groups in total. The van der Waals surface area contributed by atoms with E-state index in [9.17, 15) is 14.4 Å². The molecule has 122 valence electrons. The van der Waals surface area contributed by atoms with E-state index in [-0.39, 0.29) is 30.1 Å². The summed E-state index contributed by atoms with van der Waals surface area (Å²) in [5.74, 6) is -0.723. The number of aryl methyl sites for hydroxylation is 1. The molecule has 0 radical (unpaired) electrons. The van der Waals surface area contributed by atoms with E-state index in [0.29, 0.717) is 31.6 Å². The van der Waals surface area contributed by atoms with Crippen molar-refractivity contribution in [2.24, 2.45) is 11.7 Å². The largest absolute Gasteiger partial charge is 0.369 e. The first kappa shape index (κ1) is 15.7. The van der Waals surface area contributed by atoms with Crippen LogP contribution in [0.3, 0.4) is 0 Å². The van der Waals surface area contributed by atoms with E-state index in [2.05, 4.69) is 0 Å². The number of rotatable bonds is 3. The predicted molar refractivity (Wildman–Crippen MR) is 85.6 cm³/mol. The van der Waals surface area contributed by atoms with Crippen LogP contribution in [0.25, 0.3) is 0 Å². The van der Waals surface area contributed by atoms with Crippen LogP contribution in [0.1, 0.15) is 24.8 Å². The topological polar surface area (TPSA) is 83.7 Å². The van der Waals surface area contributed by atoms with Gasteiger partial charge in [-0.1, -0.05) is 18.2 Å². The van der Waals surface area contributed by atoms with E-state index >= 15 is 0 Å². The summed E-state index contributed by atoms with van der Waals surface area (Å²) in [6.07, 6.45) is 1.50. The van der Waals surface area contributed by atoms with E-state index < -0.39 is 6.04 Å². The van der Waals surface area contributed by atoms with Gasteiger partial charge in [-0.2, -0.15) is 0 Å². The van der Waals surface area contributed by atoms with Crippen molar-refractivity contribution >= 4 is 23.4 Å². The van der Waals surface area contributed by atoms with Crippen molar-refractivity contribution in [3.8, 4) is 0 Å². The van der Waals surface area contributed by atoms with Gasteiger partial charge in [-0.15, -0.1) is 0 Å². The van der Waals surface area contributed by atoms with Crippen LogP contribution in [0.4, 0.5) is 5.69 Å². The van der Waals surface area contributed by atoms with E-state index in [4.69, 9.17) is 5.73 Å². The zero-order valence-corrected chi connectivity index (χ0v) is 13.2. The van der Waals surface area contributed by atoms with Crippen molar-refractivity contribution in [3.05, 3.63) is 29.8 Å². The van der Waals surface area contributed by atoms with Crippen LogP contribution in [0.5, 0.6) is 0 Å². The monoisotopic (exact) mass is 315 g/mol. The number of anilines is 1. The Bertz CT molecular complexity index is 650. The highest BCUT2D eigenvalue weighted by Gasteiger charge is 2.44. The standard InChI is InChI=1S/C17H21N3O3/c1-11-4-2-3-5-13(11)20-15(21)10-14(17(20)23)19-8-6-12(7-9-19)16(18)22/h2-5,12,14H,6-10H2,1H3,(H2,18,22)/t14-/m1/s1. The molecule has 2 aliphatic heterocycles. The van der Waals surface area contributed by atoms with Gasteiger partial charge in [0.1, 0.15) is 0 Å². The maximum Gasteiger partial charge on any atom is 0.251 e. The van der Waals surface area contributed by atoms with Gasteiger partial charge >= 0.3 is 0 Å². The fraction of sp³-hybridized carbons (Fsp3) is 0.471. The fourth-order valence-corrected chi connectivity index (χ4v) is 3.46. The number of hydrogen-bond donors (Lipinski definition) is 1. The number of nitrogens with two attached hydrogens (primary N) is 1. The molecule has 0 bridgehead atoms. The van der Waals surface area contributed by atoms with Crippen molar-refractivity contribution in [2.45, 2.75) is 32.2 Å². The maximum atomic E-state index is 12.8. The van der Waals surface area contributed by atoms with Crippen LogP contribution < -0.4 is 10.6 Å². The Balaban J connectivity index is 1.75. The normalized spacial score (nSPS) is 23.5. The highest BCUT2D eigenvalue weighted by Crippen LogP contribution is 2.30. The highest BCUT2D eigenvalue weighted by atomic mass is 16.2. The molecule has 2 aliphatic rings. The number of nitrogens with zero attached hydrogens (tertiary/aromatic N) is 2. The second-order valence-electron chi connectivity index (χ2n) is 6.29. The molecule has 1 atom stereocenters. The third-order valence-corrected chi connectivity index (χ3v) is 4.85. The minimum atomic E-state index is -0.420. The number of imide groups is 1. The molecule has 2 heterocycles. The Hall–Kier alpha value is -2.21.